The molecule has 5 heteroatoms. The van der Waals surface area contributed by atoms with Gasteiger partial charge in [0, 0.05) is 13.1 Å². The Labute approximate surface area is 142 Å². The molecule has 0 aromatic heterocycles. The molecule has 23 heavy (non-hydrogen) atoms. The number of halogens is 1. The van der Waals surface area contributed by atoms with E-state index in [4.69, 9.17) is 4.74 Å². The van der Waals surface area contributed by atoms with Crippen molar-refractivity contribution in [1.29, 1.82) is 0 Å². The molecule has 0 bridgehead atoms. The van der Waals surface area contributed by atoms with Gasteiger partial charge in [-0.25, -0.2) is 0 Å². The third kappa shape index (κ3) is 4.98. The van der Waals surface area contributed by atoms with Crippen LogP contribution in [0.1, 0.15) is 6.42 Å². The van der Waals surface area contributed by atoms with Crippen LogP contribution in [0.15, 0.2) is 54.1 Å². The van der Waals surface area contributed by atoms with Crippen LogP contribution in [0, 0.1) is 0 Å². The van der Waals surface area contributed by atoms with Gasteiger partial charge >= 0.3 is 0 Å². The summed E-state index contributed by atoms with van der Waals surface area (Å²) in [5.41, 5.74) is 1.28. The average Bonchev–Trinajstić information content (AvgIpc) is 2.59. The standard InChI is InChI=1S/C18H20N2O2.ClH/c21-18(20-12-14-7-9-19-10-8-14)13-22-17-6-5-15-3-1-2-4-16(15)11-17;/h1-7,11,19H,8-10,12-13H2,(H,20,21);1H. The molecule has 4 nitrogen and oxygen atoms in total. The van der Waals surface area contributed by atoms with Crippen LogP contribution in [0.2, 0.25) is 0 Å². The molecule has 0 aliphatic carbocycles. The highest BCUT2D eigenvalue weighted by Crippen LogP contribution is 2.20. The van der Waals surface area contributed by atoms with E-state index >= 15 is 0 Å². The minimum atomic E-state index is -0.0902. The molecule has 0 fully saturated rings. The normalized spacial score (nSPS) is 13.8. The Morgan fingerprint density at radius 3 is 2.78 bits per heavy atom. The highest BCUT2D eigenvalue weighted by atomic mass is 35.5. The largest absolute Gasteiger partial charge is 0.484 e. The first-order valence-corrected chi connectivity index (χ1v) is 7.58. The zero-order chi connectivity index (χ0) is 15.2. The van der Waals surface area contributed by atoms with E-state index in [9.17, 15) is 4.79 Å². The number of carbonyl (C=O) groups is 1. The molecule has 0 saturated heterocycles. The fourth-order valence-corrected chi connectivity index (χ4v) is 2.50. The lowest BCUT2D eigenvalue weighted by Crippen LogP contribution is -2.32. The number of nitrogens with one attached hydrogen (secondary N) is 2. The van der Waals surface area contributed by atoms with Gasteiger partial charge in [-0.05, 0) is 35.9 Å². The quantitative estimate of drug-likeness (QED) is 0.828. The van der Waals surface area contributed by atoms with Gasteiger partial charge in [-0.2, -0.15) is 0 Å². The molecule has 0 atom stereocenters. The summed E-state index contributed by atoms with van der Waals surface area (Å²) in [5, 5.41) is 8.42. The van der Waals surface area contributed by atoms with Gasteiger partial charge in [0.15, 0.2) is 6.61 Å². The van der Waals surface area contributed by atoms with Gasteiger partial charge in [0.25, 0.3) is 5.91 Å². The first-order valence-electron chi connectivity index (χ1n) is 7.58. The summed E-state index contributed by atoms with van der Waals surface area (Å²) in [4.78, 5) is 11.8. The van der Waals surface area contributed by atoms with Crippen molar-refractivity contribution < 1.29 is 9.53 Å². The molecule has 3 rings (SSSR count). The molecular formula is C18H21ClN2O2. The molecule has 1 heterocycles. The van der Waals surface area contributed by atoms with Gasteiger partial charge in [0.1, 0.15) is 5.75 Å². The van der Waals surface area contributed by atoms with Crippen molar-refractivity contribution in [3.8, 4) is 5.75 Å². The van der Waals surface area contributed by atoms with Crippen LogP contribution in [0.4, 0.5) is 0 Å². The second-order valence-electron chi connectivity index (χ2n) is 5.39. The fourth-order valence-electron chi connectivity index (χ4n) is 2.50. The number of hydrogen-bond acceptors (Lipinski definition) is 3. The van der Waals surface area contributed by atoms with E-state index in [0.717, 1.165) is 36.0 Å². The number of fused-ring (bicyclic) bond motifs is 1. The topological polar surface area (TPSA) is 50.4 Å². The molecule has 2 aromatic carbocycles. The smallest absolute Gasteiger partial charge is 0.258 e. The van der Waals surface area contributed by atoms with E-state index in [1.165, 1.54) is 5.57 Å². The highest BCUT2D eigenvalue weighted by molar-refractivity contribution is 5.85. The number of amides is 1. The van der Waals surface area contributed by atoms with Crippen LogP contribution in [0.3, 0.4) is 0 Å². The molecule has 0 unspecified atom stereocenters. The van der Waals surface area contributed by atoms with Crippen molar-refractivity contribution in [2.24, 2.45) is 0 Å². The molecule has 0 radical (unpaired) electrons. The van der Waals surface area contributed by atoms with Gasteiger partial charge in [-0.15, -0.1) is 12.4 Å². The Balaban J connectivity index is 0.00000192. The van der Waals surface area contributed by atoms with Crippen LogP contribution < -0.4 is 15.4 Å². The first-order chi connectivity index (χ1) is 10.8. The second kappa shape index (κ2) is 8.56. The maximum atomic E-state index is 11.8. The van der Waals surface area contributed by atoms with Crippen molar-refractivity contribution in [3.05, 3.63) is 54.1 Å². The molecule has 2 aromatic rings. The molecule has 1 amide bonds. The van der Waals surface area contributed by atoms with Crippen LogP contribution in [0.5, 0.6) is 5.75 Å². The Hall–Kier alpha value is -2.04. The average molecular weight is 333 g/mol. The maximum Gasteiger partial charge on any atom is 0.258 e. The summed E-state index contributed by atoms with van der Waals surface area (Å²) in [6.07, 6.45) is 3.12. The predicted molar refractivity (Wildman–Crippen MR) is 95.3 cm³/mol. The molecule has 1 aliphatic heterocycles. The molecule has 0 saturated carbocycles. The van der Waals surface area contributed by atoms with Crippen LogP contribution >= 0.6 is 12.4 Å². The minimum absolute atomic E-state index is 0. The van der Waals surface area contributed by atoms with Crippen LogP contribution in [0.25, 0.3) is 10.8 Å². The zero-order valence-electron chi connectivity index (χ0n) is 12.9. The van der Waals surface area contributed by atoms with Gasteiger partial charge in [-0.3, -0.25) is 4.79 Å². The molecular weight excluding hydrogens is 312 g/mol. The molecule has 2 N–H and O–H groups in total. The highest BCUT2D eigenvalue weighted by Gasteiger charge is 2.06. The van der Waals surface area contributed by atoms with E-state index in [0.29, 0.717) is 6.54 Å². The molecule has 1 aliphatic rings. The van der Waals surface area contributed by atoms with Crippen LogP contribution in [-0.2, 0) is 4.79 Å². The molecule has 122 valence electrons. The lowest BCUT2D eigenvalue weighted by Gasteiger charge is -2.14. The van der Waals surface area contributed by atoms with Crippen LogP contribution in [-0.4, -0.2) is 32.1 Å². The Morgan fingerprint density at radius 2 is 2.00 bits per heavy atom. The van der Waals surface area contributed by atoms with E-state index in [1.807, 2.05) is 36.4 Å². The van der Waals surface area contributed by atoms with Gasteiger partial charge in [0.05, 0.1) is 0 Å². The van der Waals surface area contributed by atoms with E-state index < -0.39 is 0 Å². The third-order valence-electron chi connectivity index (χ3n) is 3.76. The maximum absolute atomic E-state index is 11.8. The van der Waals surface area contributed by atoms with Gasteiger partial charge < -0.3 is 15.4 Å². The third-order valence-corrected chi connectivity index (χ3v) is 3.76. The SMILES string of the molecule is Cl.O=C(COc1ccc2ccccc2c1)NCC1=CCNCC1. The second-order valence-corrected chi connectivity index (χ2v) is 5.39. The summed E-state index contributed by atoms with van der Waals surface area (Å²) in [7, 11) is 0. The Kier molecular flexibility index (Phi) is 6.44. The van der Waals surface area contributed by atoms with Crippen molar-refractivity contribution >= 4 is 29.1 Å². The monoisotopic (exact) mass is 332 g/mol. The van der Waals surface area contributed by atoms with Crippen molar-refractivity contribution in [2.45, 2.75) is 6.42 Å². The van der Waals surface area contributed by atoms with E-state index in [2.05, 4.69) is 22.8 Å². The number of benzene rings is 2. The van der Waals surface area contributed by atoms with E-state index in [1.54, 1.807) is 0 Å². The number of hydrogen-bond donors (Lipinski definition) is 2. The molecule has 0 spiro atoms. The first kappa shape index (κ1) is 17.3. The van der Waals surface area contributed by atoms with Crippen molar-refractivity contribution in [3.63, 3.8) is 0 Å². The summed E-state index contributed by atoms with van der Waals surface area (Å²) in [6.45, 7) is 2.53. The minimum Gasteiger partial charge on any atom is -0.484 e. The lowest BCUT2D eigenvalue weighted by molar-refractivity contribution is -0.122. The summed E-state index contributed by atoms with van der Waals surface area (Å²) in [6, 6.07) is 13.9. The van der Waals surface area contributed by atoms with Gasteiger partial charge in [0.2, 0.25) is 0 Å². The summed E-state index contributed by atoms with van der Waals surface area (Å²) < 4.78 is 5.57. The van der Waals surface area contributed by atoms with Crippen molar-refractivity contribution in [2.75, 3.05) is 26.2 Å². The Morgan fingerprint density at radius 1 is 1.17 bits per heavy atom. The fraction of sp³-hybridized carbons (Fsp3) is 0.278. The lowest BCUT2D eigenvalue weighted by atomic mass is 10.1. The Bertz CT molecular complexity index is 700. The predicted octanol–water partition coefficient (Wildman–Crippen LogP) is 2.68. The van der Waals surface area contributed by atoms with Crippen molar-refractivity contribution in [1.82, 2.24) is 10.6 Å². The summed E-state index contributed by atoms with van der Waals surface area (Å²) >= 11 is 0. The number of ether oxygens (including phenoxy) is 1. The van der Waals surface area contributed by atoms with E-state index in [-0.39, 0.29) is 24.9 Å². The number of carbonyl (C=O) groups excluding carboxylic acids is 1. The summed E-state index contributed by atoms with van der Waals surface area (Å²) in [5.74, 6) is 0.627. The number of rotatable bonds is 5. The zero-order valence-corrected chi connectivity index (χ0v) is 13.7. The van der Waals surface area contributed by atoms with Gasteiger partial charge in [-0.1, -0.05) is 42.0 Å².